The first kappa shape index (κ1) is 15.4. The third kappa shape index (κ3) is 2.58. The highest BCUT2D eigenvalue weighted by Crippen LogP contribution is 2.41. The van der Waals surface area contributed by atoms with Gasteiger partial charge in [0.1, 0.15) is 17.1 Å². The molecule has 1 unspecified atom stereocenters. The van der Waals surface area contributed by atoms with Crippen LogP contribution in [-0.4, -0.2) is 44.1 Å². The maximum atomic E-state index is 12.1. The number of carbonyl (C=O) groups is 3. The Morgan fingerprint density at radius 1 is 1.32 bits per heavy atom. The Kier molecular flexibility index (Phi) is 3.77. The van der Waals surface area contributed by atoms with E-state index in [0.29, 0.717) is 0 Å². The molecule has 0 bridgehead atoms. The maximum Gasteiger partial charge on any atom is 0.340 e. The van der Waals surface area contributed by atoms with Gasteiger partial charge in [-0.15, -0.1) is 0 Å². The van der Waals surface area contributed by atoms with Gasteiger partial charge in [-0.2, -0.15) is 0 Å². The molecule has 1 aliphatic heterocycles. The summed E-state index contributed by atoms with van der Waals surface area (Å²) in [5, 5.41) is 37.9. The highest BCUT2D eigenvalue weighted by atomic mass is 16.5. The van der Waals surface area contributed by atoms with E-state index in [1.807, 2.05) is 0 Å². The summed E-state index contributed by atoms with van der Waals surface area (Å²) < 4.78 is 5.27. The molecule has 0 spiro atoms. The van der Waals surface area contributed by atoms with E-state index in [0.717, 1.165) is 12.1 Å². The largest absolute Gasteiger partial charge is 0.508 e. The molecule has 1 atom stereocenters. The van der Waals surface area contributed by atoms with E-state index in [1.54, 1.807) is 0 Å². The summed E-state index contributed by atoms with van der Waals surface area (Å²) in [6.45, 7) is 1.20. The highest BCUT2D eigenvalue weighted by Gasteiger charge is 2.35. The lowest BCUT2D eigenvalue weighted by molar-refractivity contribution is -0.112. The van der Waals surface area contributed by atoms with E-state index in [1.165, 1.54) is 6.92 Å². The Hall–Kier alpha value is -3.03. The molecule has 2 rings (SSSR count). The number of phenols is 2. The third-order valence-corrected chi connectivity index (χ3v) is 3.06. The molecule has 0 aliphatic carbocycles. The Bertz CT molecular complexity index is 716. The fourth-order valence-electron chi connectivity index (χ4n) is 2.14. The number of aromatic hydroxyl groups is 2. The number of ether oxygens (including phenoxy) is 1. The molecule has 8 nitrogen and oxygen atoms in total. The fraction of sp³-hybridized carbons (Fsp3) is 0.214. The average molecular weight is 308 g/mol. The standard InChI is InChI=1S/C14H12O8/c1-5(15)2-6(16)9-3-7(17)11-10(22-9)4-8(18)13(19)12(11)14(20)21/h2,4,9,16,18-19H,3H2,1H3,(H,20,21). The number of carboxylic acids is 1. The van der Waals surface area contributed by atoms with Crippen LogP contribution in [0.3, 0.4) is 0 Å². The Morgan fingerprint density at radius 3 is 2.50 bits per heavy atom. The number of phenolic OH excluding ortho intramolecular Hbond substituents is 1. The van der Waals surface area contributed by atoms with Gasteiger partial charge in [0.25, 0.3) is 0 Å². The zero-order chi connectivity index (χ0) is 16.6. The lowest BCUT2D eigenvalue weighted by Crippen LogP contribution is -2.30. The van der Waals surface area contributed by atoms with Crippen LogP contribution < -0.4 is 4.74 Å². The number of aromatic carboxylic acids is 1. The topological polar surface area (TPSA) is 141 Å². The van der Waals surface area contributed by atoms with Crippen molar-refractivity contribution in [3.8, 4) is 17.2 Å². The van der Waals surface area contributed by atoms with Gasteiger partial charge >= 0.3 is 5.97 Å². The quantitative estimate of drug-likeness (QED) is 0.370. The van der Waals surface area contributed by atoms with Crippen molar-refractivity contribution in [3.05, 3.63) is 29.0 Å². The van der Waals surface area contributed by atoms with Crippen LogP contribution in [-0.2, 0) is 4.79 Å². The van der Waals surface area contributed by atoms with E-state index in [9.17, 15) is 29.7 Å². The minimum Gasteiger partial charge on any atom is -0.508 e. The number of hydrogen-bond acceptors (Lipinski definition) is 7. The zero-order valence-corrected chi connectivity index (χ0v) is 11.4. The van der Waals surface area contributed by atoms with Gasteiger partial charge in [-0.3, -0.25) is 9.59 Å². The smallest absolute Gasteiger partial charge is 0.340 e. The normalized spacial score (nSPS) is 17.6. The number of benzene rings is 1. The fourth-order valence-corrected chi connectivity index (χ4v) is 2.14. The summed E-state index contributed by atoms with van der Waals surface area (Å²) >= 11 is 0. The number of Topliss-reactive ketones (excluding diaryl/α,β-unsaturated/α-hetero) is 1. The van der Waals surface area contributed by atoms with Gasteiger partial charge in [0, 0.05) is 12.1 Å². The van der Waals surface area contributed by atoms with Gasteiger partial charge < -0.3 is 25.2 Å². The molecule has 0 fully saturated rings. The number of carbonyl (C=O) groups excluding carboxylic acids is 2. The molecular weight excluding hydrogens is 296 g/mol. The maximum absolute atomic E-state index is 12.1. The Labute approximate surface area is 123 Å². The number of fused-ring (bicyclic) bond motifs is 1. The van der Waals surface area contributed by atoms with Gasteiger partial charge in [-0.1, -0.05) is 0 Å². The van der Waals surface area contributed by atoms with Crippen molar-refractivity contribution in [2.45, 2.75) is 19.4 Å². The summed E-state index contributed by atoms with van der Waals surface area (Å²) in [6.07, 6.45) is -0.705. The van der Waals surface area contributed by atoms with Crippen LogP contribution in [0.4, 0.5) is 0 Å². The zero-order valence-electron chi connectivity index (χ0n) is 11.4. The SMILES string of the molecule is CC(=O)C=C(O)C1CC(=O)c2c(cc(O)c(O)c2C(=O)O)O1. The first-order valence-corrected chi connectivity index (χ1v) is 6.15. The van der Waals surface area contributed by atoms with E-state index >= 15 is 0 Å². The van der Waals surface area contributed by atoms with Crippen LogP contribution in [0.2, 0.25) is 0 Å². The van der Waals surface area contributed by atoms with Crippen LogP contribution >= 0.6 is 0 Å². The number of rotatable bonds is 3. The molecule has 0 saturated carbocycles. The number of aliphatic hydroxyl groups is 1. The predicted octanol–water partition coefficient (Wildman–Crippen LogP) is 1.16. The molecule has 1 aliphatic rings. The second-order valence-electron chi connectivity index (χ2n) is 4.71. The van der Waals surface area contributed by atoms with Crippen molar-refractivity contribution < 1.29 is 39.5 Å². The van der Waals surface area contributed by atoms with Crippen molar-refractivity contribution in [2.24, 2.45) is 0 Å². The second kappa shape index (κ2) is 5.40. The van der Waals surface area contributed by atoms with Crippen LogP contribution in [0, 0.1) is 0 Å². The predicted molar refractivity (Wildman–Crippen MR) is 71.5 cm³/mol. The van der Waals surface area contributed by atoms with Crippen LogP contribution in [0.5, 0.6) is 17.2 Å². The molecule has 1 aromatic carbocycles. The second-order valence-corrected chi connectivity index (χ2v) is 4.71. The highest BCUT2D eigenvalue weighted by molar-refractivity contribution is 6.10. The summed E-state index contributed by atoms with van der Waals surface area (Å²) in [7, 11) is 0. The van der Waals surface area contributed by atoms with Gasteiger partial charge in [0.05, 0.1) is 12.0 Å². The third-order valence-electron chi connectivity index (χ3n) is 3.06. The summed E-state index contributed by atoms with van der Waals surface area (Å²) in [6, 6.07) is 0.877. The van der Waals surface area contributed by atoms with Crippen molar-refractivity contribution in [2.75, 3.05) is 0 Å². The van der Waals surface area contributed by atoms with Crippen LogP contribution in [0.1, 0.15) is 34.1 Å². The van der Waals surface area contributed by atoms with Crippen molar-refractivity contribution in [1.29, 1.82) is 0 Å². The number of hydrogen-bond donors (Lipinski definition) is 4. The van der Waals surface area contributed by atoms with Crippen LogP contribution in [0.25, 0.3) is 0 Å². The minimum atomic E-state index is -1.61. The van der Waals surface area contributed by atoms with Gasteiger partial charge in [-0.25, -0.2) is 4.79 Å². The van der Waals surface area contributed by atoms with Crippen molar-refractivity contribution in [3.63, 3.8) is 0 Å². The molecule has 22 heavy (non-hydrogen) atoms. The lowest BCUT2D eigenvalue weighted by atomic mass is 9.94. The number of carboxylic acid groups (broad SMARTS) is 1. The summed E-state index contributed by atoms with van der Waals surface area (Å²) in [4.78, 5) is 34.2. The lowest BCUT2D eigenvalue weighted by Gasteiger charge is -2.26. The van der Waals surface area contributed by atoms with Crippen molar-refractivity contribution in [1.82, 2.24) is 0 Å². The molecule has 4 N–H and O–H groups in total. The average Bonchev–Trinajstić information content (AvgIpc) is 2.39. The molecule has 0 aromatic heterocycles. The first-order chi connectivity index (χ1) is 10.2. The summed E-state index contributed by atoms with van der Waals surface area (Å²) in [5.74, 6) is -5.27. The van der Waals surface area contributed by atoms with Gasteiger partial charge in [0.15, 0.2) is 29.2 Å². The van der Waals surface area contributed by atoms with Gasteiger partial charge in [-0.05, 0) is 6.92 Å². The van der Waals surface area contributed by atoms with E-state index in [-0.39, 0.29) is 5.75 Å². The van der Waals surface area contributed by atoms with E-state index < -0.39 is 58.4 Å². The van der Waals surface area contributed by atoms with E-state index in [4.69, 9.17) is 9.84 Å². The molecule has 1 aromatic rings. The number of aliphatic hydroxyl groups excluding tert-OH is 1. The molecule has 0 saturated heterocycles. The molecule has 0 amide bonds. The Balaban J connectivity index is 2.55. The minimum absolute atomic E-state index is 0.294. The first-order valence-electron chi connectivity index (χ1n) is 6.15. The Morgan fingerprint density at radius 2 is 1.95 bits per heavy atom. The number of allylic oxidation sites excluding steroid dienone is 1. The number of ketones is 2. The van der Waals surface area contributed by atoms with Crippen molar-refractivity contribution >= 4 is 17.5 Å². The van der Waals surface area contributed by atoms with Gasteiger partial charge in [0.2, 0.25) is 0 Å². The molecule has 8 heteroatoms. The monoisotopic (exact) mass is 308 g/mol. The molecule has 116 valence electrons. The summed E-state index contributed by atoms with van der Waals surface area (Å²) in [5.41, 5.74) is -1.16. The van der Waals surface area contributed by atoms with Crippen LogP contribution in [0.15, 0.2) is 17.9 Å². The molecule has 1 heterocycles. The van der Waals surface area contributed by atoms with E-state index in [2.05, 4.69) is 0 Å². The molecule has 0 radical (unpaired) electrons. The molecular formula is C14H12O8.